The van der Waals surface area contributed by atoms with Gasteiger partial charge in [-0.05, 0) is 79.4 Å². The second kappa shape index (κ2) is 6.74. The Kier molecular flexibility index (Phi) is 4.79. The molecule has 0 amide bonds. The van der Waals surface area contributed by atoms with E-state index in [9.17, 15) is 9.59 Å². The zero-order chi connectivity index (χ0) is 19.4. The fraction of sp³-hybridized carbons (Fsp3) is 0.833. The molecule has 0 aromatic rings. The number of carbonyl (C=O) groups excluding carboxylic acids is 2. The molecule has 150 valence electrons. The quantitative estimate of drug-likeness (QED) is 0.382. The Hall–Kier alpha value is -1.12. The van der Waals surface area contributed by atoms with Crippen LogP contribution in [0.5, 0.6) is 0 Å². The Morgan fingerprint density at radius 3 is 2.67 bits per heavy atom. The molecule has 8 atom stereocenters. The molecule has 3 nitrogen and oxygen atoms in total. The maximum absolute atomic E-state index is 11.5. The minimum absolute atomic E-state index is 0.0801. The van der Waals surface area contributed by atoms with Gasteiger partial charge in [0.15, 0.2) is 0 Å². The third-order valence-electron chi connectivity index (χ3n) is 9.31. The SMILES string of the molecule is CC(=O)O[C@H]1CC[C@@]2(C)C(=CC[C@H]3[C@@H]4CC[C@H](C(C)C=O)[C@@]4(C)CC[C@@H]32)C1. The van der Waals surface area contributed by atoms with Crippen molar-refractivity contribution in [3.8, 4) is 0 Å². The molecule has 0 bridgehead atoms. The van der Waals surface area contributed by atoms with E-state index in [0.29, 0.717) is 11.3 Å². The molecule has 3 heteroatoms. The van der Waals surface area contributed by atoms with Crippen molar-refractivity contribution in [1.29, 1.82) is 0 Å². The Labute approximate surface area is 164 Å². The normalized spacial score (nSPS) is 47.1. The van der Waals surface area contributed by atoms with Crippen molar-refractivity contribution in [3.05, 3.63) is 11.6 Å². The molecule has 1 unspecified atom stereocenters. The maximum atomic E-state index is 11.5. The predicted molar refractivity (Wildman–Crippen MR) is 106 cm³/mol. The molecule has 0 radical (unpaired) electrons. The first-order valence-corrected chi connectivity index (χ1v) is 11.1. The van der Waals surface area contributed by atoms with Crippen LogP contribution in [0.25, 0.3) is 0 Å². The summed E-state index contributed by atoms with van der Waals surface area (Å²) in [7, 11) is 0. The van der Waals surface area contributed by atoms with Crippen LogP contribution in [0.3, 0.4) is 0 Å². The zero-order valence-corrected chi connectivity index (χ0v) is 17.5. The van der Waals surface area contributed by atoms with Crippen LogP contribution in [-0.2, 0) is 14.3 Å². The van der Waals surface area contributed by atoms with E-state index in [0.717, 1.165) is 37.0 Å². The number of allylic oxidation sites excluding steroid dienone is 1. The van der Waals surface area contributed by atoms with Crippen LogP contribution in [0.2, 0.25) is 0 Å². The molecule has 4 aliphatic rings. The zero-order valence-electron chi connectivity index (χ0n) is 17.5. The van der Waals surface area contributed by atoms with Crippen molar-refractivity contribution >= 4 is 12.3 Å². The summed E-state index contributed by atoms with van der Waals surface area (Å²) >= 11 is 0. The summed E-state index contributed by atoms with van der Waals surface area (Å²) in [4.78, 5) is 22.9. The number of hydrogen-bond donors (Lipinski definition) is 0. The second-order valence-electron chi connectivity index (χ2n) is 10.5. The average molecular weight is 373 g/mol. The van der Waals surface area contributed by atoms with Crippen LogP contribution in [0.4, 0.5) is 0 Å². The van der Waals surface area contributed by atoms with Gasteiger partial charge in [0.2, 0.25) is 0 Å². The van der Waals surface area contributed by atoms with Gasteiger partial charge in [0, 0.05) is 19.3 Å². The van der Waals surface area contributed by atoms with E-state index < -0.39 is 0 Å². The molecule has 0 heterocycles. The van der Waals surface area contributed by atoms with Gasteiger partial charge in [0.1, 0.15) is 12.4 Å². The Morgan fingerprint density at radius 1 is 1.19 bits per heavy atom. The van der Waals surface area contributed by atoms with E-state index in [2.05, 4.69) is 26.8 Å². The van der Waals surface area contributed by atoms with E-state index in [1.165, 1.54) is 45.3 Å². The van der Waals surface area contributed by atoms with Crippen molar-refractivity contribution in [1.82, 2.24) is 0 Å². The number of hydrogen-bond acceptors (Lipinski definition) is 3. The smallest absolute Gasteiger partial charge is 0.302 e. The van der Waals surface area contributed by atoms with Gasteiger partial charge >= 0.3 is 5.97 Å². The topological polar surface area (TPSA) is 43.4 Å². The van der Waals surface area contributed by atoms with Crippen molar-refractivity contribution in [3.63, 3.8) is 0 Å². The van der Waals surface area contributed by atoms with E-state index >= 15 is 0 Å². The Balaban J connectivity index is 1.57. The van der Waals surface area contributed by atoms with Crippen molar-refractivity contribution in [2.45, 2.75) is 85.2 Å². The minimum Gasteiger partial charge on any atom is -0.462 e. The lowest BCUT2D eigenvalue weighted by atomic mass is 9.47. The van der Waals surface area contributed by atoms with E-state index in [4.69, 9.17) is 4.74 Å². The molecule has 0 spiro atoms. The summed E-state index contributed by atoms with van der Waals surface area (Å²) in [5.41, 5.74) is 2.19. The third kappa shape index (κ3) is 2.91. The lowest BCUT2D eigenvalue weighted by Gasteiger charge is -2.58. The maximum Gasteiger partial charge on any atom is 0.302 e. The lowest BCUT2D eigenvalue weighted by molar-refractivity contribution is -0.148. The number of esters is 1. The molecular formula is C24H36O3. The van der Waals surface area contributed by atoms with Gasteiger partial charge in [-0.15, -0.1) is 0 Å². The van der Waals surface area contributed by atoms with Crippen molar-refractivity contribution in [2.24, 2.45) is 40.4 Å². The second-order valence-corrected chi connectivity index (χ2v) is 10.5. The molecule has 0 saturated heterocycles. The van der Waals surface area contributed by atoms with Gasteiger partial charge in [-0.1, -0.05) is 32.4 Å². The largest absolute Gasteiger partial charge is 0.462 e. The molecule has 0 aliphatic heterocycles. The third-order valence-corrected chi connectivity index (χ3v) is 9.31. The van der Waals surface area contributed by atoms with Crippen molar-refractivity contribution < 1.29 is 14.3 Å². The van der Waals surface area contributed by atoms with Gasteiger partial charge in [-0.3, -0.25) is 4.79 Å². The molecule has 0 aromatic carbocycles. The summed E-state index contributed by atoms with van der Waals surface area (Å²) < 4.78 is 5.55. The fourth-order valence-electron chi connectivity index (χ4n) is 7.96. The van der Waals surface area contributed by atoms with Gasteiger partial charge < -0.3 is 9.53 Å². The summed E-state index contributed by atoms with van der Waals surface area (Å²) in [5, 5.41) is 0. The van der Waals surface area contributed by atoms with Crippen LogP contribution in [-0.4, -0.2) is 18.4 Å². The average Bonchev–Trinajstić information content (AvgIpc) is 2.98. The van der Waals surface area contributed by atoms with Gasteiger partial charge in [0.05, 0.1) is 0 Å². The van der Waals surface area contributed by atoms with Crippen LogP contribution < -0.4 is 0 Å². The first-order valence-electron chi connectivity index (χ1n) is 11.1. The van der Waals surface area contributed by atoms with Gasteiger partial charge in [-0.2, -0.15) is 0 Å². The molecule has 4 rings (SSSR count). The van der Waals surface area contributed by atoms with Gasteiger partial charge in [-0.25, -0.2) is 0 Å². The van der Waals surface area contributed by atoms with Gasteiger partial charge in [0.25, 0.3) is 0 Å². The fourth-order valence-corrected chi connectivity index (χ4v) is 7.96. The molecular weight excluding hydrogens is 336 g/mol. The lowest BCUT2D eigenvalue weighted by Crippen LogP contribution is -2.51. The monoisotopic (exact) mass is 372 g/mol. The number of rotatable bonds is 3. The summed E-state index contributed by atoms with van der Waals surface area (Å²) in [6.45, 7) is 8.64. The minimum atomic E-state index is -0.146. The summed E-state index contributed by atoms with van der Waals surface area (Å²) in [6, 6.07) is 0. The van der Waals surface area contributed by atoms with Crippen molar-refractivity contribution in [2.75, 3.05) is 0 Å². The Bertz CT molecular complexity index is 652. The molecule has 0 N–H and O–H groups in total. The number of ether oxygens (including phenoxy) is 1. The molecule has 0 aromatic heterocycles. The number of fused-ring (bicyclic) bond motifs is 5. The highest BCUT2D eigenvalue weighted by molar-refractivity contribution is 5.66. The summed E-state index contributed by atoms with van der Waals surface area (Å²) in [5.74, 6) is 2.92. The van der Waals surface area contributed by atoms with Crippen LogP contribution in [0.1, 0.15) is 79.1 Å². The first kappa shape index (κ1) is 19.2. The molecule has 3 fully saturated rings. The number of carbonyl (C=O) groups is 2. The summed E-state index contributed by atoms with van der Waals surface area (Å²) in [6.07, 6.45) is 13.2. The van der Waals surface area contributed by atoms with Crippen LogP contribution in [0, 0.1) is 40.4 Å². The highest BCUT2D eigenvalue weighted by Gasteiger charge is 2.59. The molecule has 4 aliphatic carbocycles. The van der Waals surface area contributed by atoms with Crippen LogP contribution >= 0.6 is 0 Å². The highest BCUT2D eigenvalue weighted by atomic mass is 16.5. The Morgan fingerprint density at radius 2 is 1.96 bits per heavy atom. The highest BCUT2D eigenvalue weighted by Crippen LogP contribution is 2.67. The van der Waals surface area contributed by atoms with E-state index in [1.807, 2.05) is 0 Å². The van der Waals surface area contributed by atoms with Crippen LogP contribution in [0.15, 0.2) is 11.6 Å². The number of aldehydes is 1. The molecule has 3 saturated carbocycles. The predicted octanol–water partition coefficient (Wildman–Crippen LogP) is 5.33. The van der Waals surface area contributed by atoms with E-state index in [-0.39, 0.29) is 23.4 Å². The van der Waals surface area contributed by atoms with E-state index in [1.54, 1.807) is 5.57 Å². The molecule has 27 heavy (non-hydrogen) atoms. The first-order chi connectivity index (χ1) is 12.8. The standard InChI is InChI=1S/C24H36O3/c1-15(14-25)20-7-8-21-19-6-5-17-13-18(27-16(2)26)9-11-23(17,3)22(19)10-12-24(20,21)4/h5,14-15,18-22H,6-13H2,1-4H3/t15?,18-,19-,20+,21-,22-,23-,24+/m0/s1.